The second kappa shape index (κ2) is 7.56. The molecule has 1 aromatic rings. The maximum absolute atomic E-state index is 12.7. The fourth-order valence-corrected chi connectivity index (χ4v) is 4.13. The molecule has 1 N–H and O–H groups in total. The topological polar surface area (TPSA) is 35.6 Å². The zero-order valence-corrected chi connectivity index (χ0v) is 15.3. The molecule has 0 aromatic heterocycles. The number of benzene rings is 1. The minimum Gasteiger partial charge on any atom is -0.335 e. The molecule has 4 heteroatoms. The summed E-state index contributed by atoms with van der Waals surface area (Å²) in [6.07, 6.45) is 4.24. The molecule has 1 heterocycles. The van der Waals surface area contributed by atoms with Crippen molar-refractivity contribution in [3.8, 4) is 0 Å². The second-order valence-electron chi connectivity index (χ2n) is 7.78. The van der Waals surface area contributed by atoms with E-state index in [4.69, 9.17) is 0 Å². The fraction of sp³-hybridized carbons (Fsp3) is 0.650. The summed E-state index contributed by atoms with van der Waals surface area (Å²) < 4.78 is 0. The van der Waals surface area contributed by atoms with E-state index in [1.165, 1.54) is 17.7 Å². The number of rotatable bonds is 4. The number of hydrogen-bond acceptors (Lipinski definition) is 2. The highest BCUT2D eigenvalue weighted by atomic mass is 16.2. The van der Waals surface area contributed by atoms with Crippen molar-refractivity contribution >= 4 is 6.03 Å². The monoisotopic (exact) mass is 329 g/mol. The number of carbonyl (C=O) groups excluding carboxylic acids is 1. The van der Waals surface area contributed by atoms with Crippen LogP contribution in [0.4, 0.5) is 4.79 Å². The van der Waals surface area contributed by atoms with Gasteiger partial charge in [-0.25, -0.2) is 4.79 Å². The van der Waals surface area contributed by atoms with E-state index in [-0.39, 0.29) is 12.1 Å². The lowest BCUT2D eigenvalue weighted by atomic mass is 10.0. The van der Waals surface area contributed by atoms with E-state index in [1.807, 2.05) is 11.9 Å². The van der Waals surface area contributed by atoms with E-state index >= 15 is 0 Å². The van der Waals surface area contributed by atoms with Gasteiger partial charge in [-0.2, -0.15) is 0 Å². The molecule has 132 valence electrons. The highest BCUT2D eigenvalue weighted by molar-refractivity contribution is 5.75. The third-order valence-electron chi connectivity index (χ3n) is 5.43. The lowest BCUT2D eigenvalue weighted by Crippen LogP contribution is -2.49. The van der Waals surface area contributed by atoms with Crippen LogP contribution in [0.15, 0.2) is 24.3 Å². The van der Waals surface area contributed by atoms with Crippen LogP contribution in [-0.4, -0.2) is 48.6 Å². The third-order valence-corrected chi connectivity index (χ3v) is 5.43. The Kier molecular flexibility index (Phi) is 5.44. The number of piperidine rings is 1. The molecule has 4 nitrogen and oxygen atoms in total. The number of likely N-dealkylation sites (tertiary alicyclic amines) is 1. The van der Waals surface area contributed by atoms with E-state index < -0.39 is 0 Å². The predicted molar refractivity (Wildman–Crippen MR) is 98.1 cm³/mol. The Morgan fingerprint density at radius 2 is 1.96 bits per heavy atom. The standard InChI is InChI=1S/C20H31N3O/c1-15(2)14-23-12-10-17(11-13-23)21-20(24)22(3)19-9-8-16-6-4-5-7-18(16)19/h4-7,15,17,19H,8-14H2,1-3H3,(H,21,24)/t19-/m1/s1. The summed E-state index contributed by atoms with van der Waals surface area (Å²) in [5, 5.41) is 3.26. The molecule has 2 aliphatic rings. The van der Waals surface area contributed by atoms with Crippen molar-refractivity contribution in [2.24, 2.45) is 5.92 Å². The second-order valence-corrected chi connectivity index (χ2v) is 7.78. The van der Waals surface area contributed by atoms with Crippen molar-refractivity contribution in [1.82, 2.24) is 15.1 Å². The third kappa shape index (κ3) is 3.92. The summed E-state index contributed by atoms with van der Waals surface area (Å²) in [5.74, 6) is 0.713. The van der Waals surface area contributed by atoms with E-state index in [0.29, 0.717) is 12.0 Å². The van der Waals surface area contributed by atoms with Crippen molar-refractivity contribution < 1.29 is 4.79 Å². The van der Waals surface area contributed by atoms with Crippen LogP contribution in [0.5, 0.6) is 0 Å². The van der Waals surface area contributed by atoms with Crippen LogP contribution in [0.25, 0.3) is 0 Å². The van der Waals surface area contributed by atoms with Crippen LogP contribution in [0, 0.1) is 5.92 Å². The van der Waals surface area contributed by atoms with Gasteiger partial charge in [-0.05, 0) is 42.7 Å². The predicted octanol–water partition coefficient (Wildman–Crippen LogP) is 3.44. The largest absolute Gasteiger partial charge is 0.335 e. The summed E-state index contributed by atoms with van der Waals surface area (Å²) in [5.41, 5.74) is 2.71. The molecule has 1 atom stereocenters. The van der Waals surface area contributed by atoms with Gasteiger partial charge in [0.05, 0.1) is 6.04 Å². The minimum absolute atomic E-state index is 0.0824. The lowest BCUT2D eigenvalue weighted by molar-refractivity contribution is 0.160. The number of urea groups is 1. The van der Waals surface area contributed by atoms with Gasteiger partial charge in [-0.1, -0.05) is 38.1 Å². The van der Waals surface area contributed by atoms with Crippen LogP contribution < -0.4 is 5.32 Å². The SMILES string of the molecule is CC(C)CN1CCC(NC(=O)N(C)[C@@H]2CCc3ccccc32)CC1. The number of fused-ring (bicyclic) bond motifs is 1. The van der Waals surface area contributed by atoms with Gasteiger partial charge in [0.2, 0.25) is 0 Å². The Balaban J connectivity index is 1.51. The van der Waals surface area contributed by atoms with E-state index in [9.17, 15) is 4.79 Å². The van der Waals surface area contributed by atoms with Gasteiger partial charge in [0.25, 0.3) is 0 Å². The van der Waals surface area contributed by atoms with Gasteiger partial charge >= 0.3 is 6.03 Å². The number of nitrogens with zero attached hydrogens (tertiary/aromatic N) is 2. The van der Waals surface area contributed by atoms with E-state index in [0.717, 1.165) is 38.8 Å². The maximum atomic E-state index is 12.7. The van der Waals surface area contributed by atoms with Crippen molar-refractivity contribution in [2.75, 3.05) is 26.7 Å². The summed E-state index contributed by atoms with van der Waals surface area (Å²) >= 11 is 0. The molecule has 2 amide bonds. The maximum Gasteiger partial charge on any atom is 0.317 e. The zero-order chi connectivity index (χ0) is 17.1. The number of aryl methyl sites for hydroxylation is 1. The molecule has 1 fully saturated rings. The highest BCUT2D eigenvalue weighted by Gasteiger charge is 2.30. The van der Waals surface area contributed by atoms with Gasteiger partial charge in [0, 0.05) is 32.7 Å². The van der Waals surface area contributed by atoms with Crippen LogP contribution in [0.1, 0.15) is 50.3 Å². The molecule has 1 aliphatic heterocycles. The molecule has 3 rings (SSSR count). The van der Waals surface area contributed by atoms with Crippen molar-refractivity contribution in [2.45, 2.75) is 51.6 Å². The van der Waals surface area contributed by atoms with E-state index in [2.05, 4.69) is 48.3 Å². The smallest absolute Gasteiger partial charge is 0.317 e. The van der Waals surface area contributed by atoms with Gasteiger partial charge < -0.3 is 15.1 Å². The minimum atomic E-state index is 0.0824. The van der Waals surface area contributed by atoms with Crippen LogP contribution in [0.3, 0.4) is 0 Å². The number of carbonyl (C=O) groups is 1. The first kappa shape index (κ1) is 17.3. The molecule has 1 saturated heterocycles. The van der Waals surface area contributed by atoms with Gasteiger partial charge in [0.15, 0.2) is 0 Å². The normalized spacial score (nSPS) is 21.8. The number of hydrogen-bond donors (Lipinski definition) is 1. The molecule has 1 aliphatic carbocycles. The fourth-order valence-electron chi connectivity index (χ4n) is 4.13. The lowest BCUT2D eigenvalue weighted by Gasteiger charge is -2.35. The quantitative estimate of drug-likeness (QED) is 0.918. The van der Waals surface area contributed by atoms with Gasteiger partial charge in [-0.15, -0.1) is 0 Å². The summed E-state index contributed by atoms with van der Waals surface area (Å²) in [7, 11) is 1.94. The summed E-state index contributed by atoms with van der Waals surface area (Å²) in [6.45, 7) is 7.89. The average Bonchev–Trinajstić information content (AvgIpc) is 2.99. The molecule has 1 aromatic carbocycles. The summed E-state index contributed by atoms with van der Waals surface area (Å²) in [4.78, 5) is 17.1. The van der Waals surface area contributed by atoms with E-state index in [1.54, 1.807) is 0 Å². The summed E-state index contributed by atoms with van der Waals surface area (Å²) in [6, 6.07) is 9.15. The highest BCUT2D eigenvalue weighted by Crippen LogP contribution is 2.34. The molecule has 0 bridgehead atoms. The van der Waals surface area contributed by atoms with Crippen LogP contribution >= 0.6 is 0 Å². The molecule has 0 radical (unpaired) electrons. The van der Waals surface area contributed by atoms with Crippen LogP contribution in [0.2, 0.25) is 0 Å². The molecule has 0 spiro atoms. The molecule has 0 unspecified atom stereocenters. The van der Waals surface area contributed by atoms with Crippen molar-refractivity contribution in [1.29, 1.82) is 0 Å². The number of nitrogens with one attached hydrogen (secondary N) is 1. The van der Waals surface area contributed by atoms with Crippen molar-refractivity contribution in [3.05, 3.63) is 35.4 Å². The van der Waals surface area contributed by atoms with Gasteiger partial charge in [0.1, 0.15) is 0 Å². The van der Waals surface area contributed by atoms with Crippen molar-refractivity contribution in [3.63, 3.8) is 0 Å². The number of amides is 2. The molecular weight excluding hydrogens is 298 g/mol. The molecular formula is C20H31N3O. The Bertz CT molecular complexity index is 564. The Labute approximate surface area is 146 Å². The Hall–Kier alpha value is -1.55. The first-order chi connectivity index (χ1) is 11.5. The average molecular weight is 329 g/mol. The first-order valence-electron chi connectivity index (χ1n) is 9.38. The molecule has 0 saturated carbocycles. The van der Waals surface area contributed by atoms with Crippen LogP contribution in [-0.2, 0) is 6.42 Å². The Morgan fingerprint density at radius 3 is 2.67 bits per heavy atom. The molecule has 24 heavy (non-hydrogen) atoms. The van der Waals surface area contributed by atoms with Gasteiger partial charge in [-0.3, -0.25) is 0 Å². The Morgan fingerprint density at radius 1 is 1.25 bits per heavy atom. The first-order valence-corrected chi connectivity index (χ1v) is 9.38. The zero-order valence-electron chi connectivity index (χ0n) is 15.3.